The van der Waals surface area contributed by atoms with E-state index in [2.05, 4.69) is 23.7 Å². The summed E-state index contributed by atoms with van der Waals surface area (Å²) in [6.45, 7) is 2.59. The molecule has 0 aliphatic heterocycles. The minimum atomic E-state index is -0.0908. The highest BCUT2D eigenvalue weighted by molar-refractivity contribution is 7.99. The van der Waals surface area contributed by atoms with Crippen molar-refractivity contribution in [3.63, 3.8) is 0 Å². The van der Waals surface area contributed by atoms with Crippen molar-refractivity contribution in [2.75, 3.05) is 11.5 Å². The Labute approximate surface area is 171 Å². The molecule has 0 saturated carbocycles. The van der Waals surface area contributed by atoms with Gasteiger partial charge in [-0.15, -0.1) is 0 Å². The fourth-order valence-electron chi connectivity index (χ4n) is 3.03. The molecule has 154 valence electrons. The van der Waals surface area contributed by atoms with E-state index in [9.17, 15) is 4.79 Å². The molecule has 0 fully saturated rings. The van der Waals surface area contributed by atoms with Gasteiger partial charge in [-0.2, -0.15) is 11.8 Å². The molecule has 0 aliphatic carbocycles. The predicted octanol–water partition coefficient (Wildman–Crippen LogP) is 6.95. The Hall–Kier alpha value is -1.03. The van der Waals surface area contributed by atoms with Gasteiger partial charge >= 0.3 is 5.97 Å². The number of ether oxygens (including phenoxy) is 1. The number of hydrogen-bond acceptors (Lipinski definition) is 4. The molecule has 0 spiro atoms. The third-order valence-electron chi connectivity index (χ3n) is 4.64. The third kappa shape index (κ3) is 15.7. The summed E-state index contributed by atoms with van der Waals surface area (Å²) in [6.07, 6.45) is 19.7. The van der Waals surface area contributed by atoms with E-state index < -0.39 is 0 Å². The van der Waals surface area contributed by atoms with E-state index in [1.54, 1.807) is 12.4 Å². The van der Waals surface area contributed by atoms with Gasteiger partial charge in [0.1, 0.15) is 6.61 Å². The first kappa shape index (κ1) is 24.0. The third-order valence-corrected chi connectivity index (χ3v) is 5.91. The quantitative estimate of drug-likeness (QED) is 0.200. The van der Waals surface area contributed by atoms with Gasteiger partial charge in [0, 0.05) is 24.4 Å². The van der Waals surface area contributed by atoms with E-state index in [1.807, 2.05) is 12.1 Å². The van der Waals surface area contributed by atoms with Crippen LogP contribution >= 0.6 is 11.8 Å². The van der Waals surface area contributed by atoms with Gasteiger partial charge < -0.3 is 4.74 Å². The van der Waals surface area contributed by atoms with Crippen LogP contribution in [-0.2, 0) is 16.1 Å². The van der Waals surface area contributed by atoms with Gasteiger partial charge in [0.2, 0.25) is 0 Å². The van der Waals surface area contributed by atoms with Crippen LogP contribution in [0.5, 0.6) is 0 Å². The van der Waals surface area contributed by atoms with Crippen molar-refractivity contribution in [1.82, 2.24) is 4.98 Å². The van der Waals surface area contributed by atoms with Gasteiger partial charge in [0.15, 0.2) is 0 Å². The summed E-state index contributed by atoms with van der Waals surface area (Å²) in [5.74, 6) is 2.59. The van der Waals surface area contributed by atoms with E-state index >= 15 is 0 Å². The number of nitrogens with zero attached hydrogens (tertiary/aromatic N) is 1. The van der Waals surface area contributed by atoms with Crippen molar-refractivity contribution in [3.8, 4) is 0 Å². The lowest BCUT2D eigenvalue weighted by Gasteiger charge is -2.05. The summed E-state index contributed by atoms with van der Waals surface area (Å²) in [4.78, 5) is 15.7. The highest BCUT2D eigenvalue weighted by atomic mass is 32.2. The van der Waals surface area contributed by atoms with Gasteiger partial charge in [-0.25, -0.2) is 0 Å². The SMILES string of the molecule is CCCSCCCCCCCCCCCCCC(=O)OCc1cccnc1. The van der Waals surface area contributed by atoms with Crippen LogP contribution in [0.15, 0.2) is 24.5 Å². The topological polar surface area (TPSA) is 39.2 Å². The standard InChI is InChI=1S/C23H39NO2S/c1-2-18-27-19-13-11-9-7-5-3-4-6-8-10-12-16-23(25)26-21-22-15-14-17-24-20-22/h14-15,17,20H,2-13,16,18-19,21H2,1H3. The molecule has 0 atom stereocenters. The Morgan fingerprint density at radius 3 is 2.15 bits per heavy atom. The monoisotopic (exact) mass is 393 g/mol. The Morgan fingerprint density at radius 1 is 0.926 bits per heavy atom. The Balaban J connectivity index is 1.77. The zero-order chi connectivity index (χ0) is 19.4. The Morgan fingerprint density at radius 2 is 1.56 bits per heavy atom. The van der Waals surface area contributed by atoms with E-state index in [-0.39, 0.29) is 5.97 Å². The van der Waals surface area contributed by atoms with Crippen LogP contribution in [0, 0.1) is 0 Å². The molecular weight excluding hydrogens is 354 g/mol. The molecule has 0 N–H and O–H groups in total. The van der Waals surface area contributed by atoms with Crippen molar-refractivity contribution in [3.05, 3.63) is 30.1 Å². The Bertz CT molecular complexity index is 453. The maximum Gasteiger partial charge on any atom is 0.306 e. The van der Waals surface area contributed by atoms with Crippen molar-refractivity contribution in [2.45, 2.75) is 97.0 Å². The first-order chi connectivity index (χ1) is 13.3. The lowest BCUT2D eigenvalue weighted by atomic mass is 10.1. The van der Waals surface area contributed by atoms with Gasteiger partial charge in [0.05, 0.1) is 0 Å². The molecule has 0 aromatic carbocycles. The molecule has 1 aromatic rings. The second-order valence-electron chi connectivity index (χ2n) is 7.27. The average molecular weight is 394 g/mol. The second kappa shape index (κ2) is 18.3. The average Bonchev–Trinajstić information content (AvgIpc) is 2.70. The molecule has 0 aliphatic rings. The lowest BCUT2D eigenvalue weighted by molar-refractivity contribution is -0.145. The van der Waals surface area contributed by atoms with Gasteiger partial charge in [-0.3, -0.25) is 9.78 Å². The molecule has 0 unspecified atom stereocenters. The van der Waals surface area contributed by atoms with E-state index in [0.29, 0.717) is 13.0 Å². The van der Waals surface area contributed by atoms with Gasteiger partial charge in [-0.1, -0.05) is 70.8 Å². The molecule has 0 bridgehead atoms. The molecule has 27 heavy (non-hydrogen) atoms. The number of aromatic nitrogens is 1. The van der Waals surface area contributed by atoms with Crippen LogP contribution in [0.3, 0.4) is 0 Å². The molecule has 0 amide bonds. The summed E-state index contributed by atoms with van der Waals surface area (Å²) >= 11 is 2.11. The largest absolute Gasteiger partial charge is 0.461 e. The maximum absolute atomic E-state index is 11.7. The number of esters is 1. The molecule has 3 nitrogen and oxygen atoms in total. The van der Waals surface area contributed by atoms with Crippen LogP contribution in [0.4, 0.5) is 0 Å². The summed E-state index contributed by atoms with van der Waals surface area (Å²) in [7, 11) is 0. The first-order valence-corrected chi connectivity index (χ1v) is 12.1. The van der Waals surface area contributed by atoms with Crippen molar-refractivity contribution in [1.29, 1.82) is 0 Å². The number of carbonyl (C=O) groups is 1. The lowest BCUT2D eigenvalue weighted by Crippen LogP contribution is -2.04. The fraction of sp³-hybridized carbons (Fsp3) is 0.739. The number of hydrogen-bond donors (Lipinski definition) is 0. The number of rotatable bonds is 18. The molecular formula is C23H39NO2S. The maximum atomic E-state index is 11.7. The molecule has 0 radical (unpaired) electrons. The normalized spacial score (nSPS) is 10.9. The zero-order valence-corrected chi connectivity index (χ0v) is 18.1. The zero-order valence-electron chi connectivity index (χ0n) is 17.3. The van der Waals surface area contributed by atoms with Gasteiger partial charge in [-0.05, 0) is 36.8 Å². The van der Waals surface area contributed by atoms with Crippen molar-refractivity contribution in [2.24, 2.45) is 0 Å². The molecule has 4 heteroatoms. The summed E-state index contributed by atoms with van der Waals surface area (Å²) < 4.78 is 5.27. The molecule has 0 saturated heterocycles. The fourth-order valence-corrected chi connectivity index (χ4v) is 3.93. The molecule has 1 heterocycles. The minimum Gasteiger partial charge on any atom is -0.461 e. The second-order valence-corrected chi connectivity index (χ2v) is 8.50. The number of carbonyl (C=O) groups excluding carboxylic acids is 1. The highest BCUT2D eigenvalue weighted by Crippen LogP contribution is 2.13. The molecule has 1 rings (SSSR count). The first-order valence-electron chi connectivity index (χ1n) is 10.9. The predicted molar refractivity (Wildman–Crippen MR) is 117 cm³/mol. The van der Waals surface area contributed by atoms with Crippen molar-refractivity contribution >= 4 is 17.7 Å². The smallest absolute Gasteiger partial charge is 0.306 e. The van der Waals surface area contributed by atoms with E-state index in [1.165, 1.54) is 75.7 Å². The number of unbranched alkanes of at least 4 members (excludes halogenated alkanes) is 10. The van der Waals surface area contributed by atoms with E-state index in [4.69, 9.17) is 4.74 Å². The minimum absolute atomic E-state index is 0.0908. The van der Waals surface area contributed by atoms with Crippen LogP contribution in [0.2, 0.25) is 0 Å². The summed E-state index contributed by atoms with van der Waals surface area (Å²) in [5.41, 5.74) is 0.946. The highest BCUT2D eigenvalue weighted by Gasteiger charge is 2.03. The van der Waals surface area contributed by atoms with E-state index in [0.717, 1.165) is 18.4 Å². The summed E-state index contributed by atoms with van der Waals surface area (Å²) in [5, 5.41) is 0. The number of pyridine rings is 1. The van der Waals surface area contributed by atoms with Crippen LogP contribution in [0.1, 0.15) is 96.0 Å². The van der Waals surface area contributed by atoms with Gasteiger partial charge in [0.25, 0.3) is 0 Å². The molecule has 1 aromatic heterocycles. The van der Waals surface area contributed by atoms with Crippen molar-refractivity contribution < 1.29 is 9.53 Å². The summed E-state index contributed by atoms with van der Waals surface area (Å²) in [6, 6.07) is 3.78. The van der Waals surface area contributed by atoms with Crippen LogP contribution in [-0.4, -0.2) is 22.5 Å². The van der Waals surface area contributed by atoms with Crippen LogP contribution in [0.25, 0.3) is 0 Å². The number of thioether (sulfide) groups is 1. The Kier molecular flexibility index (Phi) is 16.3. The van der Waals surface area contributed by atoms with Crippen LogP contribution < -0.4 is 0 Å².